The van der Waals surface area contributed by atoms with Gasteiger partial charge in [-0.1, -0.05) is 48.5 Å². The van der Waals surface area contributed by atoms with E-state index in [1.807, 2.05) is 30.3 Å². The van der Waals surface area contributed by atoms with Crippen molar-refractivity contribution in [2.45, 2.75) is 38.5 Å². The summed E-state index contributed by atoms with van der Waals surface area (Å²) in [6, 6.07) is 22.3. The van der Waals surface area contributed by atoms with Crippen LogP contribution < -0.4 is 25.8 Å². The monoisotopic (exact) mass is 811 g/mol. The molecule has 1 atom stereocenters. The minimum Gasteiger partial charge on any atom is -0.504 e. The number of phenols is 2. The van der Waals surface area contributed by atoms with Gasteiger partial charge in [0.05, 0.1) is 0 Å². The van der Waals surface area contributed by atoms with Crippen molar-refractivity contribution in [3.63, 3.8) is 0 Å². The molecule has 0 bridgehead atoms. The lowest BCUT2D eigenvalue weighted by atomic mass is 10.1. The summed E-state index contributed by atoms with van der Waals surface area (Å²) in [5.41, 5.74) is 6.09. The molecule has 304 valence electrons. The second-order valence-corrected chi connectivity index (χ2v) is 12.3. The van der Waals surface area contributed by atoms with Gasteiger partial charge in [-0.25, -0.2) is 9.59 Å². The summed E-state index contributed by atoms with van der Waals surface area (Å²) in [7, 11) is 0. The number of amidine groups is 1. The first kappa shape index (κ1) is 43.3. The molecule has 4 aromatic carbocycles. The van der Waals surface area contributed by atoms with Crippen LogP contribution in [0.15, 0.2) is 91.0 Å². The molecule has 0 radical (unpaired) electrons. The average molecular weight is 812 g/mol. The Hall–Kier alpha value is -7.44. The van der Waals surface area contributed by atoms with Gasteiger partial charge in [0.1, 0.15) is 28.6 Å². The van der Waals surface area contributed by atoms with Crippen LogP contribution in [0.3, 0.4) is 0 Å². The van der Waals surface area contributed by atoms with Gasteiger partial charge in [0.2, 0.25) is 11.6 Å². The molecule has 0 saturated heterocycles. The topological polar surface area (TPSA) is 237 Å². The van der Waals surface area contributed by atoms with Gasteiger partial charge in [-0.05, 0) is 73.4 Å². The van der Waals surface area contributed by atoms with E-state index in [1.165, 1.54) is 48.5 Å². The maximum Gasteiger partial charge on any atom is 0.490 e. The number of nitrogens with one attached hydrogen (secondary N) is 3. The largest absolute Gasteiger partial charge is 0.504 e. The molecule has 1 aromatic heterocycles. The lowest BCUT2D eigenvalue weighted by molar-refractivity contribution is -0.192. The number of nitrogens with zero attached hydrogens (tertiary/aromatic N) is 1. The van der Waals surface area contributed by atoms with Gasteiger partial charge in [0, 0.05) is 23.7 Å². The summed E-state index contributed by atoms with van der Waals surface area (Å²) in [5.74, 6) is -10.3. The van der Waals surface area contributed by atoms with Crippen LogP contribution in [0.25, 0.3) is 0 Å². The third kappa shape index (κ3) is 11.8. The van der Waals surface area contributed by atoms with Crippen molar-refractivity contribution in [2.24, 2.45) is 5.73 Å². The Morgan fingerprint density at radius 2 is 1.48 bits per heavy atom. The number of alkyl halides is 3. The number of nitrogens with two attached hydrogens (primary N) is 1. The molecule has 1 heterocycles. The summed E-state index contributed by atoms with van der Waals surface area (Å²) in [5, 5.41) is 49.4. The van der Waals surface area contributed by atoms with Crippen molar-refractivity contribution in [1.82, 2.24) is 10.3 Å². The number of rotatable bonds is 14. The van der Waals surface area contributed by atoms with Gasteiger partial charge in [0.15, 0.2) is 11.5 Å². The number of aryl methyl sites for hydroxylation is 1. The van der Waals surface area contributed by atoms with E-state index in [4.69, 9.17) is 30.5 Å². The molecule has 5 aromatic rings. The number of carbonyl (C=O) groups excluding carboxylic acids is 1. The van der Waals surface area contributed by atoms with Gasteiger partial charge in [0.25, 0.3) is 17.7 Å². The number of ether oxygens (including phenoxy) is 2. The normalized spacial score (nSPS) is 11.3. The number of aliphatic carboxylic acids is 1. The van der Waals surface area contributed by atoms with Crippen LogP contribution in [-0.2, 0) is 17.8 Å². The molecule has 0 aliphatic heterocycles. The van der Waals surface area contributed by atoms with E-state index in [1.54, 1.807) is 6.92 Å². The number of nitrogen functional groups attached to an aromatic ring is 1. The third-order valence-electron chi connectivity index (χ3n) is 7.89. The molecule has 19 heteroatoms. The number of benzene rings is 4. The Morgan fingerprint density at radius 3 is 2.09 bits per heavy atom. The van der Waals surface area contributed by atoms with Crippen LogP contribution in [0.4, 0.5) is 27.6 Å². The van der Waals surface area contributed by atoms with Crippen LogP contribution in [0.1, 0.15) is 50.8 Å². The van der Waals surface area contributed by atoms with Crippen molar-refractivity contribution >= 4 is 29.4 Å². The fraction of sp³-hybridized carbons (Fsp3) is 0.154. The lowest BCUT2D eigenvalue weighted by Gasteiger charge is -2.19. The molecule has 5 rings (SSSR count). The molecule has 0 saturated carbocycles. The number of pyridine rings is 1. The lowest BCUT2D eigenvalue weighted by Crippen LogP contribution is -2.23. The highest BCUT2D eigenvalue weighted by Gasteiger charge is 2.38. The first-order chi connectivity index (χ1) is 27.3. The smallest absolute Gasteiger partial charge is 0.490 e. The van der Waals surface area contributed by atoms with Gasteiger partial charge >= 0.3 is 18.1 Å². The van der Waals surface area contributed by atoms with E-state index in [-0.39, 0.29) is 40.8 Å². The van der Waals surface area contributed by atoms with Crippen molar-refractivity contribution < 1.29 is 66.2 Å². The molecule has 58 heavy (non-hydrogen) atoms. The molecule has 0 fully saturated rings. The van der Waals surface area contributed by atoms with Gasteiger partial charge in [-0.15, -0.1) is 0 Å². The maximum atomic E-state index is 16.1. The number of carbonyl (C=O) groups is 3. The van der Waals surface area contributed by atoms with Gasteiger partial charge < -0.3 is 46.3 Å². The van der Waals surface area contributed by atoms with Crippen molar-refractivity contribution in [3.8, 4) is 34.8 Å². The fourth-order valence-corrected chi connectivity index (χ4v) is 4.94. The highest BCUT2D eigenvalue weighted by molar-refractivity contribution is 5.99. The second-order valence-electron chi connectivity index (χ2n) is 12.3. The quantitative estimate of drug-likeness (QED) is 0.0238. The van der Waals surface area contributed by atoms with Crippen LogP contribution >= 0.6 is 0 Å². The van der Waals surface area contributed by atoms with E-state index in [0.29, 0.717) is 18.4 Å². The number of aromatic nitrogens is 1. The number of hydrogen-bond donors (Lipinski definition) is 8. The zero-order chi connectivity index (χ0) is 42.7. The second kappa shape index (κ2) is 18.9. The highest BCUT2D eigenvalue weighted by atomic mass is 19.4. The van der Waals surface area contributed by atoms with Crippen molar-refractivity contribution in [1.29, 1.82) is 5.41 Å². The minimum atomic E-state index is -5.08. The predicted octanol–water partition coefficient (Wildman–Crippen LogP) is 7.33. The van der Waals surface area contributed by atoms with Crippen molar-refractivity contribution in [2.75, 3.05) is 5.32 Å². The fourth-order valence-electron chi connectivity index (χ4n) is 4.94. The van der Waals surface area contributed by atoms with E-state index in [2.05, 4.69) is 15.6 Å². The molecule has 1 amide bonds. The van der Waals surface area contributed by atoms with Gasteiger partial charge in [-0.2, -0.15) is 26.9 Å². The number of phenolic OH excluding ortho intramolecular Hbond substituents is 2. The number of carboxylic acid groups (broad SMARTS) is 2. The number of carboxylic acids is 2. The van der Waals surface area contributed by atoms with Crippen LogP contribution in [0.5, 0.6) is 34.8 Å². The SMILES string of the molecule is CC(CCc1ccccc1)Nc1c(F)c(Oc2cccc(C(=N)N)c2)nc(Oc2ccc(C(=O)NCc3ccc(O)c(O)c3)cc2C(=O)O)c1F.O=C(O)C(F)(F)F. The van der Waals surface area contributed by atoms with Gasteiger partial charge in [-0.3, -0.25) is 10.2 Å². The summed E-state index contributed by atoms with van der Waals surface area (Å²) < 4.78 is 75.0. The Balaban J connectivity index is 0.000000973. The molecule has 14 nitrogen and oxygen atoms in total. The van der Waals surface area contributed by atoms with Crippen LogP contribution in [-0.4, -0.2) is 61.3 Å². The molecular formula is C39H34F5N5O9. The summed E-state index contributed by atoms with van der Waals surface area (Å²) in [6.07, 6.45) is -3.99. The molecule has 0 aliphatic rings. The zero-order valence-corrected chi connectivity index (χ0v) is 30.1. The van der Waals surface area contributed by atoms with E-state index < -0.39 is 70.5 Å². The van der Waals surface area contributed by atoms with E-state index >= 15 is 8.78 Å². The molecule has 1 unspecified atom stereocenters. The number of halogens is 5. The number of amides is 1. The zero-order valence-electron chi connectivity index (χ0n) is 30.1. The Morgan fingerprint density at radius 1 is 0.828 bits per heavy atom. The first-order valence-electron chi connectivity index (χ1n) is 16.8. The molecule has 0 aliphatic carbocycles. The Bertz CT molecular complexity index is 2310. The Labute approximate surface area is 325 Å². The standard InChI is InChI=1S/C37H33F2N5O7.C2HF3O2/c1-20(10-11-21-6-3-2-4-7-21)43-32-30(38)35(50-25-9-5-8-23(17-25)33(40)41)44-36(31(32)39)51-29-15-13-24(18-26(29)37(48)49)34(47)42-19-22-12-14-27(45)28(46)16-22;3-2(4,5)1(6)7/h2-9,12-18,20,45-46H,10-11,19H2,1H3,(H3,40,41)(H,42,47)(H,43,44)(H,48,49);(H,6,7). The third-order valence-corrected chi connectivity index (χ3v) is 7.89. The summed E-state index contributed by atoms with van der Waals surface area (Å²) in [4.78, 5) is 37.9. The molecule has 9 N–H and O–H groups in total. The number of aromatic carboxylic acids is 1. The highest BCUT2D eigenvalue weighted by Crippen LogP contribution is 2.38. The number of hydrogen-bond acceptors (Lipinski definition) is 10. The predicted molar refractivity (Wildman–Crippen MR) is 198 cm³/mol. The Kier molecular flexibility index (Phi) is 14.1. The summed E-state index contributed by atoms with van der Waals surface area (Å²) >= 11 is 0. The molecule has 0 spiro atoms. The molecular weight excluding hydrogens is 777 g/mol. The summed E-state index contributed by atoms with van der Waals surface area (Å²) in [6.45, 7) is 1.67. The first-order valence-corrected chi connectivity index (χ1v) is 16.8. The minimum absolute atomic E-state index is 0.0267. The maximum absolute atomic E-state index is 16.1. The number of aromatic hydroxyl groups is 2. The van der Waals surface area contributed by atoms with Crippen LogP contribution in [0, 0.1) is 17.0 Å². The van der Waals surface area contributed by atoms with Crippen molar-refractivity contribution in [3.05, 3.63) is 130 Å². The number of anilines is 1. The van der Waals surface area contributed by atoms with Crippen LogP contribution in [0.2, 0.25) is 0 Å². The van der Waals surface area contributed by atoms with E-state index in [0.717, 1.165) is 17.7 Å². The van der Waals surface area contributed by atoms with E-state index in [9.17, 15) is 38.1 Å². The average Bonchev–Trinajstić information content (AvgIpc) is 3.18.